The Morgan fingerprint density at radius 2 is 2.50 bits per heavy atom. The van der Waals surface area contributed by atoms with Crippen LogP contribution in [0.2, 0.25) is 0 Å². The summed E-state index contributed by atoms with van der Waals surface area (Å²) in [5.41, 5.74) is 0. The van der Waals surface area contributed by atoms with Crippen LogP contribution in [-0.2, 0) is 0 Å². The van der Waals surface area contributed by atoms with E-state index in [9.17, 15) is 0 Å². The highest BCUT2D eigenvalue weighted by Crippen LogP contribution is 2.54. The van der Waals surface area contributed by atoms with Crippen LogP contribution in [0, 0.1) is 0 Å². The van der Waals surface area contributed by atoms with Gasteiger partial charge in [0.05, 0.1) is 11.1 Å². The molecule has 0 fully saturated rings. The van der Waals surface area contributed by atoms with Gasteiger partial charge in [0.1, 0.15) is 5.03 Å². The molecular weight excluding hydrogens is 160 g/mol. The maximum Gasteiger partial charge on any atom is 0.117 e. The van der Waals surface area contributed by atoms with Crippen LogP contribution >= 0.6 is 31.4 Å². The van der Waals surface area contributed by atoms with Gasteiger partial charge in [0.2, 0.25) is 0 Å². The molecule has 1 N–H and O–H groups in total. The van der Waals surface area contributed by atoms with Crippen molar-refractivity contribution in [3.8, 4) is 0 Å². The number of aromatic nitrogens is 2. The van der Waals surface area contributed by atoms with Crippen LogP contribution in [0.4, 0.5) is 0 Å². The molecule has 5 heteroatoms. The van der Waals surface area contributed by atoms with Crippen LogP contribution in [0.25, 0.3) is 0 Å². The second-order valence-corrected chi connectivity index (χ2v) is 5.25. The summed E-state index contributed by atoms with van der Waals surface area (Å²) in [6.07, 6.45) is 1.85. The summed E-state index contributed by atoms with van der Waals surface area (Å²) in [7, 11) is 5.27. The summed E-state index contributed by atoms with van der Waals surface area (Å²) in [5.74, 6) is 0. The molecule has 0 radical (unpaired) electrons. The summed E-state index contributed by atoms with van der Waals surface area (Å²) in [5, 5.41) is 7.95. The van der Waals surface area contributed by atoms with Gasteiger partial charge in [-0.3, -0.25) is 5.10 Å². The lowest BCUT2D eigenvalue weighted by Gasteiger charge is -1.75. The minimum Gasteiger partial charge on any atom is -0.270 e. The van der Waals surface area contributed by atoms with Crippen LogP contribution < -0.4 is 0 Å². The Bertz CT molecular complexity index is 178. The zero-order chi connectivity index (χ0) is 5.40. The molecule has 1 aliphatic heterocycles. The summed E-state index contributed by atoms with van der Waals surface area (Å²) in [4.78, 5) is 1.26. The van der Waals surface area contributed by atoms with Crippen molar-refractivity contribution in [1.82, 2.24) is 10.2 Å². The fourth-order valence-corrected chi connectivity index (χ4v) is 4.52. The molecule has 2 rings (SSSR count). The number of rotatable bonds is 0. The van der Waals surface area contributed by atoms with Gasteiger partial charge in [0.25, 0.3) is 0 Å². The molecule has 0 atom stereocenters. The van der Waals surface area contributed by atoms with E-state index in [1.807, 2.05) is 6.20 Å². The number of fused-ring (bicyclic) bond motifs is 1. The van der Waals surface area contributed by atoms with Crippen LogP contribution in [0.3, 0.4) is 0 Å². The maximum absolute atomic E-state index is 3.86. The van der Waals surface area contributed by atoms with E-state index in [4.69, 9.17) is 0 Å². The highest BCUT2D eigenvalue weighted by atomic mass is 33.5. The van der Waals surface area contributed by atoms with Crippen molar-refractivity contribution in [2.75, 3.05) is 0 Å². The van der Waals surface area contributed by atoms with Crippen LogP contribution in [0.1, 0.15) is 0 Å². The van der Waals surface area contributed by atoms with E-state index in [-0.39, 0.29) is 0 Å². The van der Waals surface area contributed by atoms with Gasteiger partial charge in [-0.05, 0) is 31.4 Å². The quantitative estimate of drug-likeness (QED) is 0.592. The molecule has 42 valence electrons. The fourth-order valence-electron chi connectivity index (χ4n) is 0.470. The summed E-state index contributed by atoms with van der Waals surface area (Å²) < 4.78 is 0. The molecule has 0 amide bonds. The Morgan fingerprint density at radius 1 is 1.50 bits per heavy atom. The third-order valence-electron chi connectivity index (χ3n) is 0.813. The van der Waals surface area contributed by atoms with Gasteiger partial charge < -0.3 is 0 Å². The Kier molecular flexibility index (Phi) is 1.20. The number of hydrogen-bond acceptors (Lipinski definition) is 4. The lowest BCUT2D eigenvalue weighted by molar-refractivity contribution is 0.996. The summed E-state index contributed by atoms with van der Waals surface area (Å²) >= 11 is 0. The van der Waals surface area contributed by atoms with E-state index in [1.54, 1.807) is 31.4 Å². The topological polar surface area (TPSA) is 28.7 Å². The minimum absolute atomic E-state index is 1.19. The largest absolute Gasteiger partial charge is 0.270 e. The molecule has 0 saturated carbocycles. The average molecular weight is 162 g/mol. The molecule has 0 bridgehead atoms. The first-order valence-corrected chi connectivity index (χ1v) is 5.50. The SMILES string of the molecule is c1n[nH]c2c1SSS2. The molecule has 0 aliphatic carbocycles. The highest BCUT2D eigenvalue weighted by molar-refractivity contribution is 9.10. The Balaban J connectivity index is 2.54. The van der Waals surface area contributed by atoms with Gasteiger partial charge in [0.15, 0.2) is 0 Å². The third-order valence-corrected chi connectivity index (χ3v) is 4.72. The van der Waals surface area contributed by atoms with E-state index in [1.165, 1.54) is 9.92 Å². The number of nitrogens with zero attached hydrogens (tertiary/aromatic N) is 1. The van der Waals surface area contributed by atoms with Crippen molar-refractivity contribution in [3.63, 3.8) is 0 Å². The molecule has 0 spiro atoms. The Morgan fingerprint density at radius 3 is 3.38 bits per heavy atom. The van der Waals surface area contributed by atoms with Crippen molar-refractivity contribution in [1.29, 1.82) is 0 Å². The van der Waals surface area contributed by atoms with Gasteiger partial charge in [-0.15, -0.1) is 0 Å². The average Bonchev–Trinajstić information content (AvgIpc) is 2.15. The predicted molar refractivity (Wildman–Crippen MR) is 37.9 cm³/mol. The normalized spacial score (nSPS) is 16.5. The monoisotopic (exact) mass is 162 g/mol. The number of hydrogen-bond donors (Lipinski definition) is 1. The molecule has 0 saturated heterocycles. The second-order valence-electron chi connectivity index (χ2n) is 1.30. The number of aromatic amines is 1. The van der Waals surface area contributed by atoms with E-state index in [2.05, 4.69) is 10.2 Å². The van der Waals surface area contributed by atoms with Crippen molar-refractivity contribution < 1.29 is 0 Å². The van der Waals surface area contributed by atoms with Crippen molar-refractivity contribution in [2.45, 2.75) is 9.92 Å². The standard InChI is InChI=1S/C3H2N2S3/c1-2-3(5-4-1)7-8-6-2/h1H,(H,4,5). The minimum atomic E-state index is 1.19. The molecule has 1 aromatic rings. The van der Waals surface area contributed by atoms with Crippen molar-refractivity contribution in [3.05, 3.63) is 6.20 Å². The van der Waals surface area contributed by atoms with Gasteiger partial charge in [-0.1, -0.05) is 0 Å². The van der Waals surface area contributed by atoms with Crippen LogP contribution in [0.5, 0.6) is 0 Å². The Labute approximate surface area is 58.0 Å². The molecule has 2 nitrogen and oxygen atoms in total. The Hall–Kier alpha value is 0.260. The lowest BCUT2D eigenvalue weighted by atomic mass is 10.7. The van der Waals surface area contributed by atoms with E-state index >= 15 is 0 Å². The van der Waals surface area contributed by atoms with Crippen LogP contribution in [0.15, 0.2) is 16.1 Å². The van der Waals surface area contributed by atoms with Crippen molar-refractivity contribution in [2.24, 2.45) is 0 Å². The fraction of sp³-hybridized carbons (Fsp3) is 0. The predicted octanol–water partition coefficient (Wildman–Crippen LogP) is 2.17. The first kappa shape index (κ1) is 5.08. The smallest absolute Gasteiger partial charge is 0.117 e. The summed E-state index contributed by atoms with van der Waals surface area (Å²) in [6, 6.07) is 0. The van der Waals surface area contributed by atoms with Gasteiger partial charge in [-0.2, -0.15) is 5.10 Å². The zero-order valence-corrected chi connectivity index (χ0v) is 6.20. The molecule has 2 heterocycles. The van der Waals surface area contributed by atoms with Crippen molar-refractivity contribution >= 4 is 31.4 Å². The lowest BCUT2D eigenvalue weighted by Crippen LogP contribution is -1.62. The molecular formula is C3H2N2S3. The molecule has 1 aliphatic rings. The molecule has 0 aromatic carbocycles. The second kappa shape index (κ2) is 1.89. The molecule has 0 unspecified atom stereocenters. The molecule has 8 heavy (non-hydrogen) atoms. The third kappa shape index (κ3) is 0.655. The highest BCUT2D eigenvalue weighted by Gasteiger charge is 2.13. The first-order valence-electron chi connectivity index (χ1n) is 2.01. The number of nitrogens with one attached hydrogen (secondary N) is 1. The van der Waals surface area contributed by atoms with Gasteiger partial charge in [-0.25, -0.2) is 0 Å². The van der Waals surface area contributed by atoms with Crippen LogP contribution in [-0.4, -0.2) is 10.2 Å². The molecule has 1 aromatic heterocycles. The van der Waals surface area contributed by atoms with E-state index < -0.39 is 0 Å². The maximum atomic E-state index is 3.86. The van der Waals surface area contributed by atoms with E-state index in [0.29, 0.717) is 0 Å². The first-order chi connectivity index (χ1) is 3.97. The zero-order valence-electron chi connectivity index (χ0n) is 3.75. The summed E-state index contributed by atoms with van der Waals surface area (Å²) in [6.45, 7) is 0. The van der Waals surface area contributed by atoms with Gasteiger partial charge in [0, 0.05) is 0 Å². The van der Waals surface area contributed by atoms with Gasteiger partial charge >= 0.3 is 0 Å². The number of H-pyrrole nitrogens is 1. The van der Waals surface area contributed by atoms with E-state index in [0.717, 1.165) is 0 Å².